The van der Waals surface area contributed by atoms with Gasteiger partial charge < -0.3 is 4.90 Å². The molecule has 68 valence electrons. The molecule has 1 aliphatic heterocycles. The van der Waals surface area contributed by atoms with Crippen molar-refractivity contribution in [3.63, 3.8) is 0 Å². The Hall–Kier alpha value is -0.570. The van der Waals surface area contributed by atoms with Gasteiger partial charge in [0.25, 0.3) is 0 Å². The number of piperidine rings is 1. The third-order valence-corrected chi connectivity index (χ3v) is 2.51. The molecule has 0 aromatic heterocycles. The quantitative estimate of drug-likeness (QED) is 0.599. The van der Waals surface area contributed by atoms with Gasteiger partial charge in [-0.3, -0.25) is 9.59 Å². The molecule has 0 aromatic rings. The van der Waals surface area contributed by atoms with Crippen molar-refractivity contribution in [3.8, 4) is 0 Å². The number of Topliss-reactive ketones (excluding diaryl/α,β-unsaturated/α-hetero) is 1. The minimum atomic E-state index is -0.133. The van der Waals surface area contributed by atoms with Crippen LogP contribution in [0.25, 0.3) is 0 Å². The van der Waals surface area contributed by atoms with Crippen molar-refractivity contribution < 1.29 is 9.59 Å². The Morgan fingerprint density at radius 1 is 1.75 bits per heavy atom. The summed E-state index contributed by atoms with van der Waals surface area (Å²) in [7, 11) is 1.75. The molecule has 0 saturated carbocycles. The summed E-state index contributed by atoms with van der Waals surface area (Å²) in [5.41, 5.74) is 0. The molecule has 0 aliphatic carbocycles. The van der Waals surface area contributed by atoms with E-state index in [2.05, 4.69) is 0 Å². The molecule has 0 bridgehead atoms. The van der Waals surface area contributed by atoms with Crippen LogP contribution in [0.4, 0.5) is 0 Å². The molecule has 1 aliphatic rings. The Morgan fingerprint density at radius 3 is 2.92 bits per heavy atom. The summed E-state index contributed by atoms with van der Waals surface area (Å²) < 4.78 is 0. The maximum Gasteiger partial charge on any atom is 0.223 e. The molecule has 1 amide bonds. The summed E-state index contributed by atoms with van der Waals surface area (Å²) >= 11 is 5.39. The van der Waals surface area contributed by atoms with Crippen molar-refractivity contribution in [2.45, 2.75) is 12.8 Å². The van der Waals surface area contributed by atoms with E-state index in [0.717, 1.165) is 6.42 Å². The highest BCUT2D eigenvalue weighted by Crippen LogP contribution is 2.18. The topological polar surface area (TPSA) is 37.4 Å². The number of hydrogen-bond donors (Lipinski definition) is 0. The third-order valence-electron chi connectivity index (χ3n) is 2.25. The molecule has 4 heteroatoms. The van der Waals surface area contributed by atoms with Crippen molar-refractivity contribution in [2.24, 2.45) is 5.92 Å². The van der Waals surface area contributed by atoms with Gasteiger partial charge >= 0.3 is 0 Å². The monoisotopic (exact) mass is 189 g/mol. The van der Waals surface area contributed by atoms with Crippen molar-refractivity contribution in [1.82, 2.24) is 4.90 Å². The number of likely N-dealkylation sites (tertiary alicyclic amines) is 1. The average Bonchev–Trinajstić information content (AvgIpc) is 2.08. The summed E-state index contributed by atoms with van der Waals surface area (Å²) in [5, 5.41) is 0. The van der Waals surface area contributed by atoms with E-state index in [0.29, 0.717) is 13.0 Å². The number of carbonyl (C=O) groups is 2. The van der Waals surface area contributed by atoms with Gasteiger partial charge in [0.15, 0.2) is 5.78 Å². The van der Waals surface area contributed by atoms with Gasteiger partial charge in [0.2, 0.25) is 5.91 Å². The molecule has 0 radical (unpaired) electrons. The molecule has 1 unspecified atom stereocenters. The lowest BCUT2D eigenvalue weighted by Crippen LogP contribution is -2.38. The molecule has 12 heavy (non-hydrogen) atoms. The van der Waals surface area contributed by atoms with Gasteiger partial charge in [-0.25, -0.2) is 0 Å². The molecule has 3 nitrogen and oxygen atoms in total. The lowest BCUT2D eigenvalue weighted by molar-refractivity contribution is -0.137. The minimum absolute atomic E-state index is 0.00174. The zero-order valence-corrected chi connectivity index (χ0v) is 7.80. The number of nitrogens with zero attached hydrogens (tertiary/aromatic N) is 1. The largest absolute Gasteiger partial charge is 0.346 e. The van der Waals surface area contributed by atoms with Crippen molar-refractivity contribution in [1.29, 1.82) is 0 Å². The number of ketones is 1. The van der Waals surface area contributed by atoms with Crippen LogP contribution in [0, 0.1) is 5.92 Å². The highest BCUT2D eigenvalue weighted by Gasteiger charge is 2.27. The SMILES string of the molecule is CN1CCC(C(=O)CCl)CC1=O. The van der Waals surface area contributed by atoms with Crippen LogP contribution in [-0.4, -0.2) is 36.1 Å². The Kier molecular flexibility index (Phi) is 3.09. The lowest BCUT2D eigenvalue weighted by Gasteiger charge is -2.27. The zero-order valence-electron chi connectivity index (χ0n) is 7.05. The van der Waals surface area contributed by atoms with Crippen LogP contribution in [0.15, 0.2) is 0 Å². The van der Waals surface area contributed by atoms with Crippen molar-refractivity contribution >= 4 is 23.3 Å². The standard InChI is InChI=1S/C8H12ClNO2/c1-10-3-2-6(4-8(10)12)7(11)5-9/h6H,2-5H2,1H3. The fourth-order valence-electron chi connectivity index (χ4n) is 1.33. The van der Waals surface area contributed by atoms with E-state index in [1.165, 1.54) is 0 Å². The summed E-state index contributed by atoms with van der Waals surface area (Å²) in [4.78, 5) is 23.9. The molecule has 1 rings (SSSR count). The third kappa shape index (κ3) is 1.97. The van der Waals surface area contributed by atoms with Gasteiger partial charge in [-0.2, -0.15) is 0 Å². The van der Waals surface area contributed by atoms with Crippen LogP contribution in [0.2, 0.25) is 0 Å². The van der Waals surface area contributed by atoms with Gasteiger partial charge in [-0.05, 0) is 6.42 Å². The predicted octanol–water partition coefficient (Wildman–Crippen LogP) is 0.663. The number of halogens is 1. The average molecular weight is 190 g/mol. The molecule has 1 saturated heterocycles. The fraction of sp³-hybridized carbons (Fsp3) is 0.750. The normalized spacial score (nSPS) is 24.3. The molecule has 1 fully saturated rings. The number of hydrogen-bond acceptors (Lipinski definition) is 2. The van der Waals surface area contributed by atoms with E-state index in [-0.39, 0.29) is 23.5 Å². The molecule has 1 atom stereocenters. The van der Waals surface area contributed by atoms with Gasteiger partial charge in [-0.15, -0.1) is 11.6 Å². The minimum Gasteiger partial charge on any atom is -0.346 e. The van der Waals surface area contributed by atoms with Crippen LogP contribution in [-0.2, 0) is 9.59 Å². The predicted molar refractivity (Wildman–Crippen MR) is 46.1 cm³/mol. The first kappa shape index (κ1) is 9.52. The Labute approximate surface area is 76.7 Å². The number of carbonyl (C=O) groups excluding carboxylic acids is 2. The maximum atomic E-state index is 11.2. The second-order valence-corrected chi connectivity index (χ2v) is 3.37. The molecule has 0 spiro atoms. The van der Waals surface area contributed by atoms with E-state index >= 15 is 0 Å². The Bertz CT molecular complexity index is 203. The Balaban J connectivity index is 2.51. The summed E-state index contributed by atoms with van der Waals surface area (Å²) in [5.74, 6) is -0.0594. The van der Waals surface area contributed by atoms with Crippen LogP contribution in [0.3, 0.4) is 0 Å². The first-order chi connectivity index (χ1) is 5.65. The highest BCUT2D eigenvalue weighted by molar-refractivity contribution is 6.28. The van der Waals surface area contributed by atoms with Gasteiger partial charge in [0, 0.05) is 25.9 Å². The van der Waals surface area contributed by atoms with Gasteiger partial charge in [-0.1, -0.05) is 0 Å². The number of rotatable bonds is 2. The molecule has 1 heterocycles. The summed E-state index contributed by atoms with van der Waals surface area (Å²) in [6.45, 7) is 0.673. The van der Waals surface area contributed by atoms with Crippen molar-refractivity contribution in [3.05, 3.63) is 0 Å². The Morgan fingerprint density at radius 2 is 2.42 bits per heavy atom. The van der Waals surface area contributed by atoms with E-state index in [1.54, 1.807) is 11.9 Å². The first-order valence-electron chi connectivity index (χ1n) is 3.97. The fourth-order valence-corrected chi connectivity index (χ4v) is 1.55. The first-order valence-corrected chi connectivity index (χ1v) is 4.51. The lowest BCUT2D eigenvalue weighted by atomic mass is 9.93. The highest BCUT2D eigenvalue weighted by atomic mass is 35.5. The molecule has 0 N–H and O–H groups in total. The van der Waals surface area contributed by atoms with E-state index in [9.17, 15) is 9.59 Å². The van der Waals surface area contributed by atoms with Crippen LogP contribution >= 0.6 is 11.6 Å². The second-order valence-electron chi connectivity index (χ2n) is 3.10. The zero-order chi connectivity index (χ0) is 9.14. The van der Waals surface area contributed by atoms with Crippen molar-refractivity contribution in [2.75, 3.05) is 19.5 Å². The van der Waals surface area contributed by atoms with E-state index in [1.807, 2.05) is 0 Å². The van der Waals surface area contributed by atoms with Crippen LogP contribution in [0.1, 0.15) is 12.8 Å². The van der Waals surface area contributed by atoms with Gasteiger partial charge in [0.05, 0.1) is 5.88 Å². The summed E-state index contributed by atoms with van der Waals surface area (Å²) in [6.07, 6.45) is 1.09. The van der Waals surface area contributed by atoms with Crippen LogP contribution in [0.5, 0.6) is 0 Å². The van der Waals surface area contributed by atoms with E-state index in [4.69, 9.17) is 11.6 Å². The van der Waals surface area contributed by atoms with Gasteiger partial charge in [0.1, 0.15) is 0 Å². The van der Waals surface area contributed by atoms with E-state index < -0.39 is 0 Å². The second kappa shape index (κ2) is 3.90. The maximum absolute atomic E-state index is 11.2. The number of amides is 1. The number of alkyl halides is 1. The summed E-state index contributed by atoms with van der Waals surface area (Å²) in [6, 6.07) is 0. The smallest absolute Gasteiger partial charge is 0.223 e. The van der Waals surface area contributed by atoms with Crippen LogP contribution < -0.4 is 0 Å². The molecular formula is C8H12ClNO2. The molecular weight excluding hydrogens is 178 g/mol. The molecule has 0 aromatic carbocycles.